The van der Waals surface area contributed by atoms with Crippen LogP contribution in [0.3, 0.4) is 0 Å². The Kier molecular flexibility index (Phi) is 3.44. The molecule has 1 aliphatic rings. The van der Waals surface area contributed by atoms with Gasteiger partial charge in [-0.15, -0.1) is 10.2 Å². The number of aromatic amines is 1. The standard InChI is InChI=1S/C14H19N5/c1-11-10-13(17-15-11)12-6-7-14(18-16-12)19-8-4-2-3-5-9-19/h6-7,10H,2-5,8-9H2,1H3,(H,15,17). The third-order valence-corrected chi connectivity index (χ3v) is 3.55. The van der Waals surface area contributed by atoms with Crippen LogP contribution in [0.1, 0.15) is 31.4 Å². The Labute approximate surface area is 113 Å². The molecule has 0 saturated carbocycles. The molecule has 0 unspecified atom stereocenters. The summed E-state index contributed by atoms with van der Waals surface area (Å²) in [6.07, 6.45) is 5.16. The van der Waals surface area contributed by atoms with Crippen LogP contribution in [0, 0.1) is 6.92 Å². The van der Waals surface area contributed by atoms with Crippen molar-refractivity contribution in [3.8, 4) is 11.4 Å². The van der Waals surface area contributed by atoms with Crippen molar-refractivity contribution >= 4 is 5.82 Å². The van der Waals surface area contributed by atoms with E-state index in [-0.39, 0.29) is 0 Å². The Bertz CT molecular complexity index is 523. The molecule has 1 saturated heterocycles. The molecule has 5 nitrogen and oxygen atoms in total. The molecule has 100 valence electrons. The molecule has 0 spiro atoms. The smallest absolute Gasteiger partial charge is 0.151 e. The molecular formula is C14H19N5. The maximum absolute atomic E-state index is 4.35. The summed E-state index contributed by atoms with van der Waals surface area (Å²) in [7, 11) is 0. The van der Waals surface area contributed by atoms with Crippen LogP contribution >= 0.6 is 0 Å². The summed E-state index contributed by atoms with van der Waals surface area (Å²) in [4.78, 5) is 2.33. The number of hydrogen-bond acceptors (Lipinski definition) is 4. The van der Waals surface area contributed by atoms with Gasteiger partial charge in [0.05, 0.1) is 0 Å². The Morgan fingerprint density at radius 3 is 2.37 bits per heavy atom. The second-order valence-corrected chi connectivity index (χ2v) is 5.11. The van der Waals surface area contributed by atoms with Crippen molar-refractivity contribution in [2.45, 2.75) is 32.6 Å². The van der Waals surface area contributed by atoms with Gasteiger partial charge in [-0.3, -0.25) is 5.10 Å². The SMILES string of the molecule is Cc1cc(-c2ccc(N3CCCCCC3)nn2)n[nH]1. The van der Waals surface area contributed by atoms with Crippen LogP contribution in [-0.4, -0.2) is 33.5 Å². The first kappa shape index (κ1) is 12.1. The van der Waals surface area contributed by atoms with Crippen molar-refractivity contribution in [3.63, 3.8) is 0 Å². The summed E-state index contributed by atoms with van der Waals surface area (Å²) in [5.41, 5.74) is 2.71. The second kappa shape index (κ2) is 5.38. The van der Waals surface area contributed by atoms with Crippen LogP contribution in [-0.2, 0) is 0 Å². The average molecular weight is 257 g/mol. The number of aromatic nitrogens is 4. The van der Waals surface area contributed by atoms with E-state index in [0.717, 1.165) is 36.0 Å². The van der Waals surface area contributed by atoms with E-state index in [0.29, 0.717) is 0 Å². The molecule has 0 aliphatic carbocycles. The lowest BCUT2D eigenvalue weighted by Gasteiger charge is -2.20. The van der Waals surface area contributed by atoms with Crippen LogP contribution in [0.4, 0.5) is 5.82 Å². The maximum atomic E-state index is 4.35. The van der Waals surface area contributed by atoms with E-state index in [1.165, 1.54) is 25.7 Å². The third-order valence-electron chi connectivity index (χ3n) is 3.55. The zero-order chi connectivity index (χ0) is 13.1. The summed E-state index contributed by atoms with van der Waals surface area (Å²) >= 11 is 0. The second-order valence-electron chi connectivity index (χ2n) is 5.11. The first-order chi connectivity index (χ1) is 9.33. The Morgan fingerprint density at radius 1 is 1.00 bits per heavy atom. The third kappa shape index (κ3) is 2.75. The number of anilines is 1. The van der Waals surface area contributed by atoms with E-state index in [4.69, 9.17) is 0 Å². The van der Waals surface area contributed by atoms with E-state index < -0.39 is 0 Å². The molecule has 2 aromatic heterocycles. The normalized spacial score (nSPS) is 16.4. The zero-order valence-corrected chi connectivity index (χ0v) is 11.3. The van der Waals surface area contributed by atoms with Gasteiger partial charge in [-0.25, -0.2) is 0 Å². The summed E-state index contributed by atoms with van der Waals surface area (Å²) in [5, 5.41) is 15.8. The number of nitrogens with zero attached hydrogens (tertiary/aromatic N) is 4. The average Bonchev–Trinajstić information content (AvgIpc) is 2.72. The Hall–Kier alpha value is -1.91. The highest BCUT2D eigenvalue weighted by Crippen LogP contribution is 2.19. The molecule has 0 bridgehead atoms. The number of nitrogens with one attached hydrogen (secondary N) is 1. The topological polar surface area (TPSA) is 57.7 Å². The number of rotatable bonds is 2. The summed E-state index contributed by atoms with van der Waals surface area (Å²) < 4.78 is 0. The highest BCUT2D eigenvalue weighted by molar-refractivity contribution is 5.55. The Balaban J connectivity index is 1.78. The molecule has 0 radical (unpaired) electrons. The molecule has 1 N–H and O–H groups in total. The van der Waals surface area contributed by atoms with E-state index >= 15 is 0 Å². The first-order valence-corrected chi connectivity index (χ1v) is 6.94. The fraction of sp³-hybridized carbons (Fsp3) is 0.500. The summed E-state index contributed by atoms with van der Waals surface area (Å²) in [6, 6.07) is 6.04. The van der Waals surface area contributed by atoms with Crippen LogP contribution in [0.25, 0.3) is 11.4 Å². The zero-order valence-electron chi connectivity index (χ0n) is 11.3. The minimum absolute atomic E-state index is 0.822. The number of aryl methyl sites for hydroxylation is 1. The predicted molar refractivity (Wildman–Crippen MR) is 75.0 cm³/mol. The molecule has 0 atom stereocenters. The van der Waals surface area contributed by atoms with Gasteiger partial charge in [0.15, 0.2) is 5.82 Å². The van der Waals surface area contributed by atoms with E-state index in [9.17, 15) is 0 Å². The van der Waals surface area contributed by atoms with Crippen molar-refractivity contribution in [1.82, 2.24) is 20.4 Å². The molecule has 0 amide bonds. The Morgan fingerprint density at radius 2 is 1.79 bits per heavy atom. The van der Waals surface area contributed by atoms with Gasteiger partial charge in [0.25, 0.3) is 0 Å². The fourth-order valence-electron chi connectivity index (χ4n) is 2.48. The molecular weight excluding hydrogens is 238 g/mol. The highest BCUT2D eigenvalue weighted by Gasteiger charge is 2.12. The van der Waals surface area contributed by atoms with Crippen molar-refractivity contribution in [3.05, 3.63) is 23.9 Å². The molecule has 1 fully saturated rings. The van der Waals surface area contributed by atoms with Gasteiger partial charge in [0, 0.05) is 18.8 Å². The summed E-state index contributed by atoms with van der Waals surface area (Å²) in [6.45, 7) is 4.17. The van der Waals surface area contributed by atoms with E-state index in [1.54, 1.807) is 0 Å². The van der Waals surface area contributed by atoms with Gasteiger partial charge >= 0.3 is 0 Å². The molecule has 3 rings (SSSR count). The summed E-state index contributed by atoms with van der Waals surface area (Å²) in [5.74, 6) is 0.984. The van der Waals surface area contributed by atoms with Gasteiger partial charge in [0.2, 0.25) is 0 Å². The molecule has 3 heterocycles. The van der Waals surface area contributed by atoms with Crippen LogP contribution in [0.15, 0.2) is 18.2 Å². The van der Waals surface area contributed by atoms with Gasteiger partial charge in [-0.05, 0) is 38.0 Å². The van der Waals surface area contributed by atoms with Crippen molar-refractivity contribution in [2.24, 2.45) is 0 Å². The van der Waals surface area contributed by atoms with Crippen molar-refractivity contribution in [2.75, 3.05) is 18.0 Å². The molecule has 1 aliphatic heterocycles. The fourth-order valence-corrected chi connectivity index (χ4v) is 2.48. The lowest BCUT2D eigenvalue weighted by Crippen LogP contribution is -2.25. The largest absolute Gasteiger partial charge is 0.355 e. The molecule has 2 aromatic rings. The number of H-pyrrole nitrogens is 1. The minimum atomic E-state index is 0.822. The molecule has 19 heavy (non-hydrogen) atoms. The maximum Gasteiger partial charge on any atom is 0.151 e. The highest BCUT2D eigenvalue weighted by atomic mass is 15.3. The van der Waals surface area contributed by atoms with Crippen LogP contribution < -0.4 is 4.90 Å². The molecule has 5 heteroatoms. The number of hydrogen-bond donors (Lipinski definition) is 1. The lowest BCUT2D eigenvalue weighted by atomic mass is 10.2. The lowest BCUT2D eigenvalue weighted by molar-refractivity contribution is 0.726. The minimum Gasteiger partial charge on any atom is -0.355 e. The van der Waals surface area contributed by atoms with Crippen molar-refractivity contribution < 1.29 is 0 Å². The van der Waals surface area contributed by atoms with Crippen LogP contribution in [0.5, 0.6) is 0 Å². The van der Waals surface area contributed by atoms with E-state index in [1.807, 2.05) is 19.1 Å². The molecule has 0 aromatic carbocycles. The van der Waals surface area contributed by atoms with E-state index in [2.05, 4.69) is 31.4 Å². The monoisotopic (exact) mass is 257 g/mol. The van der Waals surface area contributed by atoms with Gasteiger partial charge in [-0.1, -0.05) is 12.8 Å². The first-order valence-electron chi connectivity index (χ1n) is 6.94. The van der Waals surface area contributed by atoms with Crippen molar-refractivity contribution in [1.29, 1.82) is 0 Å². The van der Waals surface area contributed by atoms with Gasteiger partial charge in [0.1, 0.15) is 11.4 Å². The quantitative estimate of drug-likeness (QED) is 0.898. The predicted octanol–water partition coefficient (Wildman–Crippen LogP) is 2.56. The van der Waals surface area contributed by atoms with Crippen LogP contribution in [0.2, 0.25) is 0 Å². The van der Waals surface area contributed by atoms with Gasteiger partial charge < -0.3 is 4.90 Å². The van der Waals surface area contributed by atoms with Gasteiger partial charge in [-0.2, -0.15) is 5.10 Å².